The van der Waals surface area contributed by atoms with Crippen LogP contribution in [0, 0.1) is 11.7 Å². The van der Waals surface area contributed by atoms with Crippen LogP contribution >= 0.6 is 0 Å². The van der Waals surface area contributed by atoms with Crippen molar-refractivity contribution in [1.29, 1.82) is 0 Å². The molecule has 14 heteroatoms. The summed E-state index contributed by atoms with van der Waals surface area (Å²) < 4.78 is 79.9. The van der Waals surface area contributed by atoms with Gasteiger partial charge < -0.3 is 20.1 Å². The molecule has 0 radical (unpaired) electrons. The van der Waals surface area contributed by atoms with Crippen molar-refractivity contribution in [3.8, 4) is 11.3 Å². The van der Waals surface area contributed by atoms with Crippen molar-refractivity contribution in [2.75, 3.05) is 13.1 Å². The number of aliphatic carboxylic acids is 2. The third kappa shape index (κ3) is 6.43. The highest BCUT2D eigenvalue weighted by molar-refractivity contribution is 5.73. The first-order valence-corrected chi connectivity index (χ1v) is 9.36. The molecule has 2 aromatic rings. The predicted octanol–water partition coefficient (Wildman–Crippen LogP) is 3.86. The van der Waals surface area contributed by atoms with E-state index in [9.17, 15) is 30.7 Å². The van der Waals surface area contributed by atoms with E-state index in [1.165, 1.54) is 0 Å². The lowest BCUT2D eigenvalue weighted by Gasteiger charge is -2.30. The molecule has 2 aliphatic heterocycles. The van der Waals surface area contributed by atoms with Crippen molar-refractivity contribution >= 4 is 11.9 Å². The third-order valence-corrected chi connectivity index (χ3v) is 4.91. The van der Waals surface area contributed by atoms with E-state index in [1.54, 1.807) is 12.1 Å². The summed E-state index contributed by atoms with van der Waals surface area (Å²) in [5.74, 6) is -5.10. The second-order valence-electron chi connectivity index (χ2n) is 7.03. The number of imidazole rings is 1. The minimum atomic E-state index is -5.08. The third-order valence-electron chi connectivity index (χ3n) is 4.91. The van der Waals surface area contributed by atoms with E-state index in [-0.39, 0.29) is 11.9 Å². The van der Waals surface area contributed by atoms with Gasteiger partial charge in [0.1, 0.15) is 5.82 Å². The maximum Gasteiger partial charge on any atom is 0.490 e. The number of carboxylic acid groups (broad SMARTS) is 2. The Balaban J connectivity index is 0.000000230. The largest absolute Gasteiger partial charge is 0.490 e. The van der Waals surface area contributed by atoms with Crippen molar-refractivity contribution in [2.45, 2.75) is 31.2 Å². The molecule has 33 heavy (non-hydrogen) atoms. The van der Waals surface area contributed by atoms with Gasteiger partial charge in [-0.15, -0.1) is 0 Å². The molecule has 0 amide bonds. The highest BCUT2D eigenvalue weighted by Gasteiger charge is 2.39. The number of hydrogen-bond donors (Lipinski definition) is 3. The lowest BCUT2D eigenvalue weighted by Crippen LogP contribution is -2.32. The Morgan fingerprint density at radius 1 is 1.00 bits per heavy atom. The molecule has 3 N–H and O–H groups in total. The van der Waals surface area contributed by atoms with Gasteiger partial charge in [-0.25, -0.2) is 19.0 Å². The molecule has 1 unspecified atom stereocenters. The Hall–Kier alpha value is -3.16. The highest BCUT2D eigenvalue weighted by atomic mass is 19.4. The van der Waals surface area contributed by atoms with Gasteiger partial charge in [-0.1, -0.05) is 12.1 Å². The van der Waals surface area contributed by atoms with Gasteiger partial charge in [0.25, 0.3) is 0 Å². The Bertz CT molecular complexity index is 958. The van der Waals surface area contributed by atoms with E-state index in [2.05, 4.69) is 14.9 Å². The van der Waals surface area contributed by atoms with Crippen LogP contribution in [0.4, 0.5) is 30.7 Å². The summed E-state index contributed by atoms with van der Waals surface area (Å²) in [4.78, 5) is 22.0. The topological polar surface area (TPSA) is 104 Å². The average molecular weight is 485 g/mol. The fourth-order valence-electron chi connectivity index (χ4n) is 3.56. The predicted molar refractivity (Wildman–Crippen MR) is 98.7 cm³/mol. The van der Waals surface area contributed by atoms with E-state index in [0.717, 1.165) is 42.8 Å². The molecule has 1 aromatic heterocycles. The number of nitrogens with zero attached hydrogens (tertiary/aromatic N) is 2. The second kappa shape index (κ2) is 10.2. The van der Waals surface area contributed by atoms with Crippen LogP contribution in [0.25, 0.3) is 11.3 Å². The lowest BCUT2D eigenvalue weighted by atomic mass is 9.85. The van der Waals surface area contributed by atoms with E-state index < -0.39 is 24.3 Å². The number of nitrogens with one attached hydrogen (secondary N) is 1. The first-order valence-electron chi connectivity index (χ1n) is 9.36. The number of piperidine rings is 1. The first-order chi connectivity index (χ1) is 15.2. The van der Waals surface area contributed by atoms with Crippen LogP contribution in [-0.4, -0.2) is 57.1 Å². The van der Waals surface area contributed by atoms with E-state index in [4.69, 9.17) is 19.8 Å². The molecule has 0 aliphatic carbocycles. The molecular formula is C19H18F7N3O4. The summed E-state index contributed by atoms with van der Waals surface area (Å²) in [6.45, 7) is 2.05. The monoisotopic (exact) mass is 485 g/mol. The normalized spacial score (nSPS) is 17.6. The first kappa shape index (κ1) is 26.1. The average Bonchev–Trinajstić information content (AvgIpc) is 3.30. The Morgan fingerprint density at radius 3 is 2.00 bits per heavy atom. The van der Waals surface area contributed by atoms with E-state index in [1.807, 2.05) is 18.6 Å². The molecule has 7 nitrogen and oxygen atoms in total. The van der Waals surface area contributed by atoms with Crippen molar-refractivity contribution < 1.29 is 50.5 Å². The molecule has 3 heterocycles. The molecule has 1 saturated heterocycles. The van der Waals surface area contributed by atoms with Gasteiger partial charge in [0.05, 0.1) is 24.3 Å². The molecular weight excluding hydrogens is 467 g/mol. The lowest BCUT2D eigenvalue weighted by molar-refractivity contribution is -0.193. The minimum Gasteiger partial charge on any atom is -0.475 e. The molecule has 4 rings (SSSR count). The van der Waals surface area contributed by atoms with Gasteiger partial charge in [0.15, 0.2) is 0 Å². The van der Waals surface area contributed by atoms with Gasteiger partial charge in [-0.2, -0.15) is 26.3 Å². The minimum absolute atomic E-state index is 0.0790. The standard InChI is InChI=1S/C15H16FN3.2C2HF3O2/c16-12-3-1-2-11-13-8-18-9-19(13)15(14(11)12)10-4-6-17-7-5-10;2*3-2(4,5)1(6)7/h1-3,8-10,15,17H,4-7H2;2*(H,6,7). The number of rotatable bonds is 1. The van der Waals surface area contributed by atoms with E-state index in [0.29, 0.717) is 5.92 Å². The van der Waals surface area contributed by atoms with Gasteiger partial charge in [0.2, 0.25) is 0 Å². The number of fused-ring (bicyclic) bond motifs is 3. The second-order valence-corrected chi connectivity index (χ2v) is 7.03. The number of halogens is 7. The maximum atomic E-state index is 14.3. The Labute approximate surface area is 181 Å². The van der Waals surface area contributed by atoms with E-state index >= 15 is 0 Å². The number of carbonyl (C=O) groups is 2. The Kier molecular flexibility index (Phi) is 8.06. The van der Waals surface area contributed by atoms with Crippen LogP contribution in [-0.2, 0) is 9.59 Å². The van der Waals surface area contributed by atoms with Crippen LogP contribution in [0.3, 0.4) is 0 Å². The molecule has 0 bridgehead atoms. The smallest absolute Gasteiger partial charge is 0.475 e. The maximum absolute atomic E-state index is 14.3. The quantitative estimate of drug-likeness (QED) is 0.530. The van der Waals surface area contributed by atoms with Crippen LogP contribution in [0.5, 0.6) is 0 Å². The SMILES string of the molecule is Fc1cccc2c1C(C1CCNCC1)n1cncc1-2.O=C(O)C(F)(F)F.O=C(O)C(F)(F)F. The van der Waals surface area contributed by atoms with Crippen molar-refractivity contribution in [3.63, 3.8) is 0 Å². The molecule has 1 aromatic carbocycles. The molecule has 2 aliphatic rings. The molecule has 0 spiro atoms. The van der Waals surface area contributed by atoms with Crippen molar-refractivity contribution in [2.24, 2.45) is 5.92 Å². The zero-order chi connectivity index (χ0) is 25.0. The Morgan fingerprint density at radius 2 is 1.52 bits per heavy atom. The molecule has 1 atom stereocenters. The van der Waals surface area contributed by atoms with Crippen LogP contribution in [0.1, 0.15) is 24.4 Å². The summed E-state index contributed by atoms with van der Waals surface area (Å²) in [5.41, 5.74) is 2.94. The zero-order valence-electron chi connectivity index (χ0n) is 16.6. The number of benzene rings is 1. The van der Waals surface area contributed by atoms with Crippen LogP contribution < -0.4 is 5.32 Å². The molecule has 1 fully saturated rings. The number of carboxylic acids is 2. The van der Waals surface area contributed by atoms with Gasteiger partial charge >= 0.3 is 24.3 Å². The van der Waals surface area contributed by atoms with Gasteiger partial charge in [-0.3, -0.25) is 0 Å². The summed E-state index contributed by atoms with van der Waals surface area (Å²) in [6, 6.07) is 5.49. The highest BCUT2D eigenvalue weighted by Crippen LogP contribution is 2.46. The summed E-state index contributed by atoms with van der Waals surface area (Å²) in [7, 11) is 0. The number of hydrogen-bond acceptors (Lipinski definition) is 4. The summed E-state index contributed by atoms with van der Waals surface area (Å²) >= 11 is 0. The van der Waals surface area contributed by atoms with Crippen LogP contribution in [0.2, 0.25) is 0 Å². The van der Waals surface area contributed by atoms with Crippen molar-refractivity contribution in [3.05, 3.63) is 42.1 Å². The zero-order valence-corrected chi connectivity index (χ0v) is 16.6. The van der Waals surface area contributed by atoms with Gasteiger partial charge in [-0.05, 0) is 37.9 Å². The molecule has 0 saturated carbocycles. The van der Waals surface area contributed by atoms with Crippen LogP contribution in [0.15, 0.2) is 30.7 Å². The number of aromatic nitrogens is 2. The fourth-order valence-corrected chi connectivity index (χ4v) is 3.56. The summed E-state index contributed by atoms with van der Waals surface area (Å²) in [5, 5.41) is 17.6. The fraction of sp³-hybridized carbons (Fsp3) is 0.421. The van der Waals surface area contributed by atoms with Crippen molar-refractivity contribution in [1.82, 2.24) is 14.9 Å². The van der Waals surface area contributed by atoms with Gasteiger partial charge in [0, 0.05) is 11.1 Å². The summed E-state index contributed by atoms with van der Waals surface area (Å²) in [6.07, 6.45) is -4.28. The molecule has 182 valence electrons. The number of alkyl halides is 6.